The molecule has 4 nitrogen and oxygen atoms in total. The monoisotopic (exact) mass is 338 g/mol. The third-order valence-corrected chi connectivity index (χ3v) is 2.75. The van der Waals surface area contributed by atoms with Gasteiger partial charge >= 0.3 is 0 Å². The third-order valence-electron chi connectivity index (χ3n) is 2.26. The second kappa shape index (κ2) is 7.40. The molecule has 1 amide bonds. The second-order valence-corrected chi connectivity index (χ2v) is 4.64. The average Bonchev–Trinajstić information content (AvgIpc) is 2.39. The number of amides is 1. The van der Waals surface area contributed by atoms with Gasteiger partial charge in [-0.15, -0.1) is 0 Å². The largest absolute Gasteiger partial charge is 0.507 e. The molecule has 0 saturated carbocycles. The number of primary amides is 1. The van der Waals surface area contributed by atoms with Crippen molar-refractivity contribution in [1.82, 2.24) is 0 Å². The smallest absolute Gasteiger partial charge is 0.248 e. The van der Waals surface area contributed by atoms with E-state index in [4.69, 9.17) is 16.2 Å². The van der Waals surface area contributed by atoms with Crippen molar-refractivity contribution in [3.8, 4) is 5.75 Å². The summed E-state index contributed by atoms with van der Waals surface area (Å²) in [5.41, 5.74) is 5.60. The van der Waals surface area contributed by atoms with E-state index in [9.17, 15) is 9.18 Å². The minimum Gasteiger partial charge on any atom is -0.507 e. The first-order chi connectivity index (χ1) is 9.43. The van der Waals surface area contributed by atoms with E-state index in [1.165, 1.54) is 18.2 Å². The van der Waals surface area contributed by atoms with Crippen LogP contribution in [0.1, 0.15) is 15.9 Å². The molecule has 0 atom stereocenters. The molecular weight excluding hydrogens is 327 g/mol. The zero-order valence-corrected chi connectivity index (χ0v) is 11.9. The van der Waals surface area contributed by atoms with E-state index in [0.29, 0.717) is 5.56 Å². The van der Waals surface area contributed by atoms with Gasteiger partial charge in [0.15, 0.2) is 0 Å². The summed E-state index contributed by atoms with van der Waals surface area (Å²) in [4.78, 5) is 10.4. The van der Waals surface area contributed by atoms with Crippen LogP contribution in [0.4, 0.5) is 4.39 Å². The fourth-order valence-electron chi connectivity index (χ4n) is 1.28. The molecule has 2 aromatic rings. The highest BCUT2D eigenvalue weighted by Gasteiger charge is 1.98. The molecule has 0 aromatic heterocycles. The zero-order chi connectivity index (χ0) is 15.1. The Bertz CT molecular complexity index is 632. The summed E-state index contributed by atoms with van der Waals surface area (Å²) < 4.78 is 13.1. The minimum absolute atomic E-state index is 0.129. The highest BCUT2D eigenvalue weighted by Crippen LogP contribution is 2.20. The maximum absolute atomic E-state index is 12.3. The molecule has 0 radical (unpaired) electrons. The van der Waals surface area contributed by atoms with Crippen molar-refractivity contribution in [2.45, 2.75) is 0 Å². The van der Waals surface area contributed by atoms with E-state index in [2.05, 4.69) is 15.9 Å². The minimum atomic E-state index is -0.612. The lowest BCUT2D eigenvalue weighted by molar-refractivity contribution is 0.1000. The molecule has 2 rings (SSSR count). The topological polar surface area (TPSA) is 87.2 Å². The Kier molecular flexibility index (Phi) is 5.86. The number of carbonyl (C=O) groups is 1. The fourth-order valence-corrected chi connectivity index (χ4v) is 1.63. The zero-order valence-electron chi connectivity index (χ0n) is 10.3. The maximum atomic E-state index is 12.3. The number of hydrogen-bond acceptors (Lipinski definition) is 3. The molecule has 0 saturated heterocycles. The van der Waals surface area contributed by atoms with Crippen molar-refractivity contribution in [3.63, 3.8) is 0 Å². The van der Waals surface area contributed by atoms with E-state index in [1.54, 1.807) is 18.2 Å². The molecule has 0 fully saturated rings. The Morgan fingerprint density at radius 3 is 2.45 bits per heavy atom. The molecule has 0 aliphatic carbocycles. The van der Waals surface area contributed by atoms with Crippen LogP contribution in [0.2, 0.25) is 0 Å². The van der Waals surface area contributed by atoms with Crippen LogP contribution in [0.3, 0.4) is 0 Å². The number of nitrogens with one attached hydrogen (secondary N) is 1. The van der Waals surface area contributed by atoms with Crippen LogP contribution in [-0.2, 0) is 0 Å². The van der Waals surface area contributed by atoms with Crippen molar-refractivity contribution in [2.75, 3.05) is 0 Å². The van der Waals surface area contributed by atoms with Crippen molar-refractivity contribution in [3.05, 3.63) is 63.9 Å². The van der Waals surface area contributed by atoms with Gasteiger partial charge in [0.05, 0.1) is 0 Å². The van der Waals surface area contributed by atoms with Crippen LogP contribution in [0, 0.1) is 11.2 Å². The van der Waals surface area contributed by atoms with Crippen molar-refractivity contribution >= 4 is 28.1 Å². The summed E-state index contributed by atoms with van der Waals surface area (Å²) in [6, 6.07) is 10.3. The highest BCUT2D eigenvalue weighted by molar-refractivity contribution is 9.10. The first-order valence-corrected chi connectivity index (χ1v) is 6.27. The van der Waals surface area contributed by atoms with Crippen molar-refractivity contribution in [2.24, 2.45) is 5.73 Å². The number of halogens is 2. The Hall–Kier alpha value is -2.21. The number of phenols is 1. The first kappa shape index (κ1) is 15.8. The predicted octanol–water partition coefficient (Wildman–Crippen LogP) is 3.08. The number of hydrogen-bond donors (Lipinski definition) is 3. The standard InChI is InChI=1S/C7H6BrNO.C7H6FNO/c8-6-2-1-5(4-9)7(10)3-6;8-6-3-1-2-5(4-6)7(9)10/h1-4,9-10H;1-4H,(H2,9,10). The first-order valence-electron chi connectivity index (χ1n) is 5.48. The van der Waals surface area contributed by atoms with Gasteiger partial charge in [0.2, 0.25) is 5.91 Å². The van der Waals surface area contributed by atoms with Gasteiger partial charge in [-0.25, -0.2) is 4.39 Å². The van der Waals surface area contributed by atoms with Gasteiger partial charge in [0.25, 0.3) is 0 Å². The molecule has 4 N–H and O–H groups in total. The lowest BCUT2D eigenvalue weighted by Gasteiger charge is -1.96. The second-order valence-electron chi connectivity index (χ2n) is 3.72. The summed E-state index contributed by atoms with van der Waals surface area (Å²) in [7, 11) is 0. The molecule has 0 spiro atoms. The normalized spacial score (nSPS) is 9.30. The van der Waals surface area contributed by atoms with Crippen LogP contribution in [0.5, 0.6) is 5.75 Å². The van der Waals surface area contributed by atoms with Crippen LogP contribution in [0.15, 0.2) is 46.9 Å². The quantitative estimate of drug-likeness (QED) is 0.735. The van der Waals surface area contributed by atoms with Crippen LogP contribution in [-0.4, -0.2) is 17.2 Å². The van der Waals surface area contributed by atoms with Gasteiger partial charge in [0.1, 0.15) is 11.6 Å². The van der Waals surface area contributed by atoms with Crippen molar-refractivity contribution in [1.29, 1.82) is 5.41 Å². The molecule has 0 aliphatic rings. The summed E-state index contributed by atoms with van der Waals surface area (Å²) in [5.74, 6) is -0.930. The summed E-state index contributed by atoms with van der Waals surface area (Å²) in [6.45, 7) is 0. The maximum Gasteiger partial charge on any atom is 0.248 e. The molecule has 104 valence electrons. The van der Waals surface area contributed by atoms with Crippen LogP contribution >= 0.6 is 15.9 Å². The lowest BCUT2D eigenvalue weighted by atomic mass is 10.2. The Balaban J connectivity index is 0.000000200. The number of benzene rings is 2. The van der Waals surface area contributed by atoms with Gasteiger partial charge in [-0.05, 0) is 36.4 Å². The van der Waals surface area contributed by atoms with E-state index in [1.807, 2.05) is 0 Å². The SMILES string of the molecule is N=Cc1ccc(Br)cc1O.NC(=O)c1cccc(F)c1. The Labute approximate surface area is 123 Å². The molecule has 0 unspecified atom stereocenters. The number of phenolic OH excluding ortho intramolecular Hbond substituents is 1. The molecule has 2 aromatic carbocycles. The number of carbonyl (C=O) groups excluding carboxylic acids is 1. The van der Waals surface area contributed by atoms with Crippen LogP contribution < -0.4 is 5.73 Å². The fraction of sp³-hybridized carbons (Fsp3) is 0. The molecule has 0 heterocycles. The van der Waals surface area contributed by atoms with E-state index < -0.39 is 11.7 Å². The lowest BCUT2D eigenvalue weighted by Crippen LogP contribution is -2.10. The van der Waals surface area contributed by atoms with Gasteiger partial charge in [0, 0.05) is 21.8 Å². The highest BCUT2D eigenvalue weighted by atomic mass is 79.9. The van der Waals surface area contributed by atoms with E-state index in [-0.39, 0.29) is 11.3 Å². The van der Waals surface area contributed by atoms with Crippen molar-refractivity contribution < 1.29 is 14.3 Å². The number of nitrogens with two attached hydrogens (primary N) is 1. The molecular formula is C14H12BrFN2O2. The van der Waals surface area contributed by atoms with E-state index >= 15 is 0 Å². The average molecular weight is 339 g/mol. The number of rotatable bonds is 2. The summed E-state index contributed by atoms with van der Waals surface area (Å²) in [6.07, 6.45) is 1.11. The van der Waals surface area contributed by atoms with Gasteiger partial charge in [-0.2, -0.15) is 0 Å². The number of aromatic hydroxyl groups is 1. The molecule has 0 bridgehead atoms. The van der Waals surface area contributed by atoms with Gasteiger partial charge in [-0.1, -0.05) is 22.0 Å². The Morgan fingerprint density at radius 2 is 2.00 bits per heavy atom. The molecule has 20 heavy (non-hydrogen) atoms. The molecule has 0 aliphatic heterocycles. The predicted molar refractivity (Wildman–Crippen MR) is 78.6 cm³/mol. The van der Waals surface area contributed by atoms with Gasteiger partial charge < -0.3 is 16.2 Å². The third kappa shape index (κ3) is 4.81. The summed E-state index contributed by atoms with van der Waals surface area (Å²) >= 11 is 3.19. The van der Waals surface area contributed by atoms with Gasteiger partial charge in [-0.3, -0.25) is 4.79 Å². The molecule has 6 heteroatoms. The summed E-state index contributed by atoms with van der Waals surface area (Å²) in [5, 5.41) is 16.0. The van der Waals surface area contributed by atoms with E-state index in [0.717, 1.165) is 16.8 Å². The Morgan fingerprint density at radius 1 is 1.30 bits per heavy atom. The van der Waals surface area contributed by atoms with Crippen LogP contribution in [0.25, 0.3) is 0 Å².